The van der Waals surface area contributed by atoms with Crippen molar-refractivity contribution in [1.82, 2.24) is 4.90 Å². The zero-order valence-electron chi connectivity index (χ0n) is 29.2. The third kappa shape index (κ3) is 5.38. The maximum absolute atomic E-state index is 6.93. The van der Waals surface area contributed by atoms with Crippen LogP contribution in [0, 0.1) is 47.3 Å². The van der Waals surface area contributed by atoms with Gasteiger partial charge in [0, 0.05) is 45.0 Å². The van der Waals surface area contributed by atoms with Gasteiger partial charge in [0.1, 0.15) is 0 Å². The van der Waals surface area contributed by atoms with Crippen LogP contribution in [0.3, 0.4) is 0 Å². The van der Waals surface area contributed by atoms with E-state index in [1.165, 1.54) is 89.9 Å². The highest BCUT2D eigenvalue weighted by atomic mass is 32.2. The van der Waals surface area contributed by atoms with Crippen LogP contribution in [0.2, 0.25) is 0 Å². The van der Waals surface area contributed by atoms with Gasteiger partial charge >= 0.3 is 0 Å². The van der Waals surface area contributed by atoms with Crippen molar-refractivity contribution in [3.8, 4) is 0 Å². The van der Waals surface area contributed by atoms with Crippen LogP contribution in [-0.4, -0.2) is 56.2 Å². The first-order valence-electron chi connectivity index (χ1n) is 21.6. The number of ether oxygens (including phenoxy) is 1. The molecule has 10 aliphatic rings. The molecule has 0 amide bonds. The van der Waals surface area contributed by atoms with E-state index in [2.05, 4.69) is 28.4 Å². The monoisotopic (exact) mass is 665 g/mol. The molecule has 14 atom stereocenters. The second kappa shape index (κ2) is 13.3. The van der Waals surface area contributed by atoms with Crippen molar-refractivity contribution < 1.29 is 4.74 Å². The molecule has 0 aromatic heterocycles. The van der Waals surface area contributed by atoms with Gasteiger partial charge in [-0.1, -0.05) is 70.6 Å². The van der Waals surface area contributed by atoms with E-state index in [1.807, 2.05) is 0 Å². The van der Waals surface area contributed by atoms with Gasteiger partial charge in [-0.25, -0.2) is 0 Å². The Morgan fingerprint density at radius 2 is 1.07 bits per heavy atom. The highest BCUT2D eigenvalue weighted by Gasteiger charge is 2.61. The fourth-order valence-corrected chi connectivity index (χ4v) is 19.9. The molecule has 0 aromatic rings. The second-order valence-corrected chi connectivity index (χ2v) is 21.7. The minimum atomic E-state index is 0.615. The summed E-state index contributed by atoms with van der Waals surface area (Å²) in [5, 5.41) is 3.86. The van der Waals surface area contributed by atoms with Gasteiger partial charge in [-0.15, -0.1) is 0 Å². The summed E-state index contributed by atoms with van der Waals surface area (Å²) in [6.07, 6.45) is 39.2. The molecule has 0 aromatic carbocycles. The third-order valence-corrected chi connectivity index (χ3v) is 20.8. The lowest BCUT2D eigenvalue weighted by atomic mass is 9.64. The molecule has 46 heavy (non-hydrogen) atoms. The molecule has 3 aliphatic heterocycles. The number of rotatable bonds is 4. The summed E-state index contributed by atoms with van der Waals surface area (Å²) in [6, 6.07) is 2.69. The van der Waals surface area contributed by atoms with Crippen molar-refractivity contribution in [2.75, 3.05) is 0 Å². The van der Waals surface area contributed by atoms with Crippen LogP contribution in [0.25, 0.3) is 0 Å². The van der Waals surface area contributed by atoms with Crippen LogP contribution in [0.4, 0.5) is 0 Å². The molecular weight excluding hydrogens is 599 g/mol. The quantitative estimate of drug-likeness (QED) is 0.296. The van der Waals surface area contributed by atoms with Gasteiger partial charge in [0.25, 0.3) is 0 Å². The smallest absolute Gasteiger partial charge is 0.0621 e. The predicted octanol–water partition coefficient (Wildman–Crippen LogP) is 10.9. The van der Waals surface area contributed by atoms with Crippen molar-refractivity contribution in [3.63, 3.8) is 0 Å². The van der Waals surface area contributed by atoms with Crippen molar-refractivity contribution >= 4 is 23.5 Å². The molecule has 7 saturated carbocycles. The molecule has 3 saturated heterocycles. The molecule has 0 radical (unpaired) electrons. The van der Waals surface area contributed by atoms with Gasteiger partial charge in [-0.2, -0.15) is 23.5 Å². The van der Waals surface area contributed by atoms with Crippen molar-refractivity contribution in [1.29, 1.82) is 0 Å². The van der Waals surface area contributed by atoms with Crippen LogP contribution in [0.5, 0.6) is 0 Å². The molecule has 10 rings (SSSR count). The van der Waals surface area contributed by atoms with E-state index in [0.717, 1.165) is 86.5 Å². The third-order valence-electron chi connectivity index (χ3n) is 17.0. The van der Waals surface area contributed by atoms with Crippen LogP contribution in [0.15, 0.2) is 0 Å². The normalized spacial score (nSPS) is 53.9. The minimum Gasteiger partial charge on any atom is -0.374 e. The lowest BCUT2D eigenvalue weighted by molar-refractivity contribution is -0.0335. The van der Waals surface area contributed by atoms with E-state index in [-0.39, 0.29) is 0 Å². The second-order valence-electron chi connectivity index (χ2n) is 18.9. The van der Waals surface area contributed by atoms with Gasteiger partial charge in [-0.3, -0.25) is 4.90 Å². The number of hydrogen-bond donors (Lipinski definition) is 0. The molecule has 7 aliphatic carbocycles. The molecule has 10 fully saturated rings. The highest BCUT2D eigenvalue weighted by molar-refractivity contribution is 8.01. The Balaban J connectivity index is 0.950. The Morgan fingerprint density at radius 3 is 1.96 bits per heavy atom. The van der Waals surface area contributed by atoms with Gasteiger partial charge < -0.3 is 4.74 Å². The van der Waals surface area contributed by atoms with Crippen LogP contribution >= 0.6 is 23.5 Å². The predicted molar refractivity (Wildman–Crippen MR) is 196 cm³/mol. The lowest BCUT2D eigenvalue weighted by Gasteiger charge is -2.54. The summed E-state index contributed by atoms with van der Waals surface area (Å²) >= 11 is 5.14. The van der Waals surface area contributed by atoms with Gasteiger partial charge in [-0.05, 0) is 131 Å². The highest BCUT2D eigenvalue weighted by Crippen LogP contribution is 2.63. The maximum Gasteiger partial charge on any atom is 0.0621 e. The lowest BCUT2D eigenvalue weighted by Crippen LogP contribution is -2.60. The molecule has 3 heterocycles. The Morgan fingerprint density at radius 1 is 0.391 bits per heavy atom. The van der Waals surface area contributed by atoms with E-state index in [9.17, 15) is 0 Å². The zero-order valence-corrected chi connectivity index (χ0v) is 30.8. The maximum atomic E-state index is 6.93. The Bertz CT molecular complexity index is 1050. The summed E-state index contributed by atoms with van der Waals surface area (Å²) in [4.78, 5) is 3.48. The van der Waals surface area contributed by atoms with E-state index in [1.54, 1.807) is 70.6 Å². The van der Waals surface area contributed by atoms with E-state index in [4.69, 9.17) is 4.74 Å². The molecule has 0 spiro atoms. The van der Waals surface area contributed by atoms with E-state index in [0.29, 0.717) is 12.2 Å². The summed E-state index contributed by atoms with van der Waals surface area (Å²) in [6.45, 7) is 0. The molecule has 0 bridgehead atoms. The molecular formula is C42H67NOS2. The number of fused-ring (bicyclic) bond motifs is 10. The Kier molecular flexibility index (Phi) is 9.07. The van der Waals surface area contributed by atoms with Crippen molar-refractivity contribution in [2.45, 2.75) is 212 Å². The Hall–Kier alpha value is 0.620. The topological polar surface area (TPSA) is 12.5 Å². The van der Waals surface area contributed by atoms with Crippen LogP contribution < -0.4 is 0 Å². The van der Waals surface area contributed by atoms with Gasteiger partial charge in [0.05, 0.1) is 12.2 Å². The fraction of sp³-hybridized carbons (Fsp3) is 1.00. The van der Waals surface area contributed by atoms with E-state index >= 15 is 0 Å². The van der Waals surface area contributed by atoms with E-state index < -0.39 is 0 Å². The van der Waals surface area contributed by atoms with Gasteiger partial charge in [0.15, 0.2) is 0 Å². The summed E-state index contributed by atoms with van der Waals surface area (Å²) in [5.74, 6) is 8.03. The number of nitrogens with zero attached hydrogens (tertiary/aromatic N) is 1. The number of hydrogen-bond acceptors (Lipinski definition) is 4. The van der Waals surface area contributed by atoms with Crippen molar-refractivity contribution in [3.05, 3.63) is 0 Å². The number of thioether (sulfide) groups is 2. The summed E-state index contributed by atoms with van der Waals surface area (Å²) in [5.41, 5.74) is 0. The molecule has 0 N–H and O–H groups in total. The SMILES string of the molecule is C1CCC(C2CCC(N(C3CCCC4C5CCC6OC7CCCCC7C6C5SC43)C3CCCC4SC5CCCCC5C43)CC2)CC1. The largest absolute Gasteiger partial charge is 0.374 e. The standard InChI is InChI=1S/C42H67NOS2/c1-2-10-26(11-3-1)27-20-22-28(23-21-27)43(33-15-9-19-38-39(33)32-13-5-7-18-37(32)45-38)34-16-8-14-29-30-24-25-36-40(42(30)46-41(29)34)31-12-4-6-17-35(31)44-36/h26-42H,1-25H2. The first-order chi connectivity index (χ1) is 22.8. The van der Waals surface area contributed by atoms with Crippen LogP contribution in [-0.2, 0) is 4.74 Å². The fourth-order valence-electron chi connectivity index (χ4n) is 15.3. The average molecular weight is 666 g/mol. The first kappa shape index (κ1) is 31.4. The molecule has 14 unspecified atom stereocenters. The average Bonchev–Trinajstić information content (AvgIpc) is 3.81. The molecule has 2 nitrogen and oxygen atoms in total. The van der Waals surface area contributed by atoms with Gasteiger partial charge in [0.2, 0.25) is 0 Å². The van der Waals surface area contributed by atoms with Crippen molar-refractivity contribution in [2.24, 2.45) is 47.3 Å². The summed E-state index contributed by atoms with van der Waals surface area (Å²) in [7, 11) is 0. The molecule has 258 valence electrons. The first-order valence-corrected chi connectivity index (χ1v) is 23.4. The Labute approximate surface area is 291 Å². The minimum absolute atomic E-state index is 0.615. The molecule has 4 heteroatoms. The summed E-state index contributed by atoms with van der Waals surface area (Å²) < 4.78 is 6.93. The van der Waals surface area contributed by atoms with Crippen LogP contribution in [0.1, 0.15) is 161 Å². The zero-order chi connectivity index (χ0) is 30.2.